The minimum atomic E-state index is 0.109. The van der Waals surface area contributed by atoms with Crippen LogP contribution in [0.4, 0.5) is 0 Å². The number of likely N-dealkylation sites (tertiary alicyclic amines) is 1. The summed E-state index contributed by atoms with van der Waals surface area (Å²) in [6, 6.07) is 2.57. The van der Waals surface area contributed by atoms with Gasteiger partial charge in [-0.25, -0.2) is 0 Å². The van der Waals surface area contributed by atoms with Gasteiger partial charge in [-0.1, -0.05) is 6.42 Å². The fraction of sp³-hybridized carbons (Fsp3) is 0.909. The smallest absolute Gasteiger partial charge is 0.103 e. The van der Waals surface area contributed by atoms with Crippen LogP contribution in [-0.4, -0.2) is 37.2 Å². The number of piperidine rings is 1. The molecule has 0 amide bonds. The minimum Gasteiger partial charge on any atom is -0.381 e. The first-order valence-corrected chi connectivity index (χ1v) is 5.63. The van der Waals surface area contributed by atoms with Crippen molar-refractivity contribution in [3.8, 4) is 6.07 Å². The van der Waals surface area contributed by atoms with E-state index in [2.05, 4.69) is 11.0 Å². The number of nitrogens with zero attached hydrogens (tertiary/aromatic N) is 2. The van der Waals surface area contributed by atoms with E-state index in [4.69, 9.17) is 4.74 Å². The Hall–Kier alpha value is -0.590. The molecule has 78 valence electrons. The fourth-order valence-corrected chi connectivity index (χ4v) is 2.48. The van der Waals surface area contributed by atoms with E-state index < -0.39 is 0 Å². The second kappa shape index (κ2) is 4.77. The molecule has 0 N–H and O–H groups in total. The van der Waals surface area contributed by atoms with Gasteiger partial charge in [-0.3, -0.25) is 4.90 Å². The van der Waals surface area contributed by atoms with Gasteiger partial charge < -0.3 is 4.74 Å². The highest BCUT2D eigenvalue weighted by atomic mass is 16.5. The van der Waals surface area contributed by atoms with Crippen LogP contribution in [0, 0.1) is 17.2 Å². The normalized spacial score (nSPS) is 31.2. The molecule has 0 bridgehead atoms. The molecule has 2 aliphatic heterocycles. The summed E-state index contributed by atoms with van der Waals surface area (Å²) in [4.78, 5) is 2.35. The molecular formula is C11H18N2O. The molecule has 0 aromatic rings. The van der Waals surface area contributed by atoms with Crippen LogP contribution in [0.15, 0.2) is 0 Å². The van der Waals surface area contributed by atoms with Crippen molar-refractivity contribution in [3.05, 3.63) is 0 Å². The van der Waals surface area contributed by atoms with Crippen LogP contribution >= 0.6 is 0 Å². The molecule has 3 nitrogen and oxygen atoms in total. The van der Waals surface area contributed by atoms with Crippen molar-refractivity contribution in [2.24, 2.45) is 5.92 Å². The van der Waals surface area contributed by atoms with Crippen LogP contribution in [0.25, 0.3) is 0 Å². The number of ether oxygens (including phenoxy) is 1. The van der Waals surface area contributed by atoms with Crippen molar-refractivity contribution in [3.63, 3.8) is 0 Å². The summed E-state index contributed by atoms with van der Waals surface area (Å²) in [5.74, 6) is 0.457. The van der Waals surface area contributed by atoms with Crippen LogP contribution in [-0.2, 0) is 4.74 Å². The predicted octanol–water partition coefficient (Wildman–Crippen LogP) is 1.40. The largest absolute Gasteiger partial charge is 0.381 e. The standard InChI is InChI=1S/C11H18N2O/c12-8-11(10-4-7-14-9-10)13-5-2-1-3-6-13/h10-11H,1-7,9H2. The highest BCUT2D eigenvalue weighted by Gasteiger charge is 2.30. The number of hydrogen-bond acceptors (Lipinski definition) is 3. The molecule has 2 unspecified atom stereocenters. The van der Waals surface area contributed by atoms with Crippen molar-refractivity contribution in [1.29, 1.82) is 5.26 Å². The average Bonchev–Trinajstić information content (AvgIpc) is 2.74. The topological polar surface area (TPSA) is 36.3 Å². The maximum Gasteiger partial charge on any atom is 0.103 e. The third-order valence-corrected chi connectivity index (χ3v) is 3.33. The lowest BCUT2D eigenvalue weighted by molar-refractivity contribution is 0.129. The Balaban J connectivity index is 1.93. The van der Waals surface area contributed by atoms with Crippen LogP contribution in [0.2, 0.25) is 0 Å². The quantitative estimate of drug-likeness (QED) is 0.666. The molecule has 2 aliphatic rings. The van der Waals surface area contributed by atoms with E-state index in [9.17, 15) is 5.26 Å². The molecular weight excluding hydrogens is 176 g/mol. The Labute approximate surface area is 85.6 Å². The molecule has 0 aromatic carbocycles. The number of hydrogen-bond donors (Lipinski definition) is 0. The average molecular weight is 194 g/mol. The summed E-state index contributed by atoms with van der Waals surface area (Å²) in [6.45, 7) is 3.84. The summed E-state index contributed by atoms with van der Waals surface area (Å²) in [5, 5.41) is 9.19. The van der Waals surface area contributed by atoms with Gasteiger partial charge in [0.1, 0.15) is 6.04 Å². The van der Waals surface area contributed by atoms with E-state index in [1.807, 2.05) is 0 Å². The first-order chi connectivity index (χ1) is 6.92. The molecule has 0 radical (unpaired) electrons. The molecule has 2 heterocycles. The number of nitriles is 1. The van der Waals surface area contributed by atoms with Crippen molar-refractivity contribution < 1.29 is 4.74 Å². The number of rotatable bonds is 2. The second-order valence-corrected chi connectivity index (χ2v) is 4.29. The minimum absolute atomic E-state index is 0.109. The fourth-order valence-electron chi connectivity index (χ4n) is 2.48. The molecule has 2 saturated heterocycles. The van der Waals surface area contributed by atoms with Crippen LogP contribution < -0.4 is 0 Å². The van der Waals surface area contributed by atoms with E-state index >= 15 is 0 Å². The molecule has 0 saturated carbocycles. The monoisotopic (exact) mass is 194 g/mol. The van der Waals surface area contributed by atoms with E-state index in [-0.39, 0.29) is 6.04 Å². The van der Waals surface area contributed by atoms with E-state index in [0.29, 0.717) is 5.92 Å². The summed E-state index contributed by atoms with van der Waals surface area (Å²) < 4.78 is 5.35. The molecule has 3 heteroatoms. The molecule has 14 heavy (non-hydrogen) atoms. The first kappa shape index (κ1) is 9.95. The maximum atomic E-state index is 9.19. The highest BCUT2D eigenvalue weighted by Crippen LogP contribution is 2.23. The Bertz CT molecular complexity index is 212. The van der Waals surface area contributed by atoms with Crippen LogP contribution in [0.5, 0.6) is 0 Å². The predicted molar refractivity (Wildman–Crippen MR) is 53.8 cm³/mol. The Morgan fingerprint density at radius 2 is 2.07 bits per heavy atom. The van der Waals surface area contributed by atoms with Gasteiger partial charge in [0.25, 0.3) is 0 Å². The highest BCUT2D eigenvalue weighted by molar-refractivity contribution is 4.98. The van der Waals surface area contributed by atoms with Gasteiger partial charge in [-0.15, -0.1) is 0 Å². The first-order valence-electron chi connectivity index (χ1n) is 5.63. The summed E-state index contributed by atoms with van der Waals surface area (Å²) in [6.07, 6.45) is 4.90. The molecule has 2 rings (SSSR count). The lowest BCUT2D eigenvalue weighted by atomic mass is 9.96. The third-order valence-electron chi connectivity index (χ3n) is 3.33. The van der Waals surface area contributed by atoms with E-state index in [1.54, 1.807) is 0 Å². The lowest BCUT2D eigenvalue weighted by Crippen LogP contribution is -2.43. The summed E-state index contributed by atoms with van der Waals surface area (Å²) >= 11 is 0. The van der Waals surface area contributed by atoms with Gasteiger partial charge in [-0.2, -0.15) is 5.26 Å². The third kappa shape index (κ3) is 2.08. The lowest BCUT2D eigenvalue weighted by Gasteiger charge is -2.33. The Kier molecular flexibility index (Phi) is 3.39. The summed E-state index contributed by atoms with van der Waals surface area (Å²) in [7, 11) is 0. The van der Waals surface area contributed by atoms with E-state index in [0.717, 1.165) is 32.7 Å². The molecule has 0 aliphatic carbocycles. The van der Waals surface area contributed by atoms with E-state index in [1.165, 1.54) is 19.3 Å². The van der Waals surface area contributed by atoms with Gasteiger partial charge in [-0.05, 0) is 32.4 Å². The van der Waals surface area contributed by atoms with Crippen LogP contribution in [0.3, 0.4) is 0 Å². The second-order valence-electron chi connectivity index (χ2n) is 4.29. The van der Waals surface area contributed by atoms with Gasteiger partial charge in [0.2, 0.25) is 0 Å². The zero-order valence-corrected chi connectivity index (χ0v) is 8.61. The van der Waals surface area contributed by atoms with Crippen molar-refractivity contribution >= 4 is 0 Å². The molecule has 2 atom stereocenters. The Morgan fingerprint density at radius 1 is 1.29 bits per heavy atom. The van der Waals surface area contributed by atoms with Gasteiger partial charge in [0, 0.05) is 12.5 Å². The molecule has 0 aromatic heterocycles. The van der Waals surface area contributed by atoms with Crippen LogP contribution in [0.1, 0.15) is 25.7 Å². The van der Waals surface area contributed by atoms with Crippen molar-refractivity contribution in [2.75, 3.05) is 26.3 Å². The zero-order chi connectivity index (χ0) is 9.80. The Morgan fingerprint density at radius 3 is 2.64 bits per heavy atom. The molecule has 2 fully saturated rings. The summed E-state index contributed by atoms with van der Waals surface area (Å²) in [5.41, 5.74) is 0. The zero-order valence-electron chi connectivity index (χ0n) is 8.61. The van der Waals surface area contributed by atoms with Gasteiger partial charge >= 0.3 is 0 Å². The SMILES string of the molecule is N#CC(C1CCOC1)N1CCCCC1. The maximum absolute atomic E-state index is 9.19. The van der Waals surface area contributed by atoms with Gasteiger partial charge in [0.05, 0.1) is 12.7 Å². The van der Waals surface area contributed by atoms with Crippen molar-refractivity contribution in [1.82, 2.24) is 4.90 Å². The molecule has 0 spiro atoms. The van der Waals surface area contributed by atoms with Crippen molar-refractivity contribution in [2.45, 2.75) is 31.7 Å². The van der Waals surface area contributed by atoms with Gasteiger partial charge in [0.15, 0.2) is 0 Å².